The highest BCUT2D eigenvalue weighted by molar-refractivity contribution is 5.79. The molecule has 25 heavy (non-hydrogen) atoms. The van der Waals surface area contributed by atoms with E-state index in [1.165, 1.54) is 25.9 Å². The van der Waals surface area contributed by atoms with Crippen molar-refractivity contribution in [1.29, 1.82) is 0 Å². The van der Waals surface area contributed by atoms with Crippen LogP contribution in [0.1, 0.15) is 63.8 Å². The van der Waals surface area contributed by atoms with E-state index in [4.69, 9.17) is 4.52 Å². The van der Waals surface area contributed by atoms with Crippen LogP contribution in [0.5, 0.6) is 0 Å². The van der Waals surface area contributed by atoms with Crippen LogP contribution < -0.4 is 10.6 Å². The molecule has 0 saturated carbocycles. The minimum Gasteiger partial charge on any atom is -0.359 e. The predicted molar refractivity (Wildman–Crippen MR) is 103 cm³/mol. The van der Waals surface area contributed by atoms with E-state index in [-0.39, 0.29) is 0 Å². The van der Waals surface area contributed by atoms with Gasteiger partial charge in [0.05, 0.1) is 12.2 Å². The molecule has 0 amide bonds. The average molecular weight is 350 g/mol. The van der Waals surface area contributed by atoms with Crippen LogP contribution in [0.4, 0.5) is 0 Å². The van der Waals surface area contributed by atoms with E-state index >= 15 is 0 Å². The summed E-state index contributed by atoms with van der Waals surface area (Å²) in [5.41, 5.74) is 1.06. The molecular formula is C19H35N5O. The molecule has 2 heterocycles. The van der Waals surface area contributed by atoms with Crippen LogP contribution in [-0.2, 0) is 6.54 Å². The molecule has 1 saturated heterocycles. The summed E-state index contributed by atoms with van der Waals surface area (Å²) >= 11 is 0. The molecule has 6 nitrogen and oxygen atoms in total. The Balaban J connectivity index is 1.70. The van der Waals surface area contributed by atoms with Crippen LogP contribution in [0.3, 0.4) is 0 Å². The molecule has 1 aliphatic rings. The molecule has 0 atom stereocenters. The van der Waals surface area contributed by atoms with Gasteiger partial charge in [0.1, 0.15) is 0 Å². The fraction of sp³-hybridized carbons (Fsp3) is 0.789. The molecule has 1 aromatic heterocycles. The second kappa shape index (κ2) is 10.4. The molecule has 0 unspecified atom stereocenters. The number of hydrogen-bond acceptors (Lipinski definition) is 4. The number of likely N-dealkylation sites (tertiary alicyclic amines) is 1. The molecule has 1 aliphatic heterocycles. The van der Waals surface area contributed by atoms with Gasteiger partial charge in [0.15, 0.2) is 11.7 Å². The zero-order valence-corrected chi connectivity index (χ0v) is 16.3. The number of nitrogens with zero attached hydrogens (tertiary/aromatic N) is 3. The van der Waals surface area contributed by atoms with Gasteiger partial charge in [-0.1, -0.05) is 25.9 Å². The maximum atomic E-state index is 5.45. The Bertz CT molecular complexity index is 516. The summed E-state index contributed by atoms with van der Waals surface area (Å²) in [5, 5.41) is 10.9. The van der Waals surface area contributed by atoms with E-state index < -0.39 is 0 Å². The highest BCUT2D eigenvalue weighted by Crippen LogP contribution is 2.22. The van der Waals surface area contributed by atoms with Gasteiger partial charge in [0.25, 0.3) is 0 Å². The number of hydrogen-bond donors (Lipinski definition) is 2. The van der Waals surface area contributed by atoms with E-state index in [0.717, 1.165) is 49.3 Å². The number of guanidine groups is 1. The summed E-state index contributed by atoms with van der Waals surface area (Å²) in [6.07, 6.45) is 4.82. The molecule has 6 heteroatoms. The third kappa shape index (κ3) is 6.34. The monoisotopic (exact) mass is 349 g/mol. The molecule has 0 aromatic carbocycles. The first-order valence-electron chi connectivity index (χ1n) is 9.78. The minimum atomic E-state index is 0.488. The van der Waals surface area contributed by atoms with Gasteiger partial charge >= 0.3 is 0 Å². The van der Waals surface area contributed by atoms with Crippen LogP contribution >= 0.6 is 0 Å². The first-order chi connectivity index (χ1) is 12.2. The van der Waals surface area contributed by atoms with Crippen molar-refractivity contribution in [1.82, 2.24) is 20.7 Å². The first-order valence-corrected chi connectivity index (χ1v) is 9.78. The quantitative estimate of drug-likeness (QED) is 0.558. The number of piperidine rings is 1. The van der Waals surface area contributed by atoms with Crippen molar-refractivity contribution < 1.29 is 4.52 Å². The lowest BCUT2D eigenvalue weighted by atomic mass is 9.99. The molecule has 142 valence electrons. The van der Waals surface area contributed by atoms with E-state index in [9.17, 15) is 0 Å². The smallest absolute Gasteiger partial charge is 0.191 e. The Morgan fingerprint density at radius 2 is 2.04 bits per heavy atom. The first kappa shape index (κ1) is 19.8. The Morgan fingerprint density at radius 1 is 1.32 bits per heavy atom. The Kier molecular flexibility index (Phi) is 8.25. The summed E-state index contributed by atoms with van der Waals surface area (Å²) in [6, 6.07) is 2.06. The summed E-state index contributed by atoms with van der Waals surface area (Å²) in [6.45, 7) is 11.7. The van der Waals surface area contributed by atoms with E-state index in [2.05, 4.69) is 52.5 Å². The lowest BCUT2D eigenvalue weighted by molar-refractivity contribution is 0.195. The fourth-order valence-corrected chi connectivity index (χ4v) is 3.32. The van der Waals surface area contributed by atoms with Gasteiger partial charge in [-0.05, 0) is 44.7 Å². The number of nitrogens with one attached hydrogen (secondary N) is 2. The Hall–Kier alpha value is -1.56. The van der Waals surface area contributed by atoms with Crippen LogP contribution in [0.2, 0.25) is 0 Å². The summed E-state index contributed by atoms with van der Waals surface area (Å²) in [4.78, 5) is 6.81. The van der Waals surface area contributed by atoms with Gasteiger partial charge in [-0.25, -0.2) is 0 Å². The van der Waals surface area contributed by atoms with Crippen molar-refractivity contribution >= 4 is 5.96 Å². The Labute approximate surface area is 152 Å². The van der Waals surface area contributed by atoms with Crippen molar-refractivity contribution in [3.63, 3.8) is 0 Å². The normalized spacial score (nSPS) is 17.2. The van der Waals surface area contributed by atoms with E-state index in [1.54, 1.807) is 7.05 Å². The van der Waals surface area contributed by atoms with Crippen molar-refractivity contribution in [2.75, 3.05) is 33.2 Å². The summed E-state index contributed by atoms with van der Waals surface area (Å²) < 4.78 is 5.45. The number of aromatic nitrogens is 1. The fourth-order valence-electron chi connectivity index (χ4n) is 3.32. The predicted octanol–water partition coefficient (Wildman–Crippen LogP) is 2.98. The molecule has 0 radical (unpaired) electrons. The summed E-state index contributed by atoms with van der Waals surface area (Å²) in [5.74, 6) is 3.04. The van der Waals surface area contributed by atoms with Crippen LogP contribution in [0, 0.1) is 5.92 Å². The Morgan fingerprint density at radius 3 is 2.68 bits per heavy atom. The van der Waals surface area contributed by atoms with Gasteiger partial charge in [-0.3, -0.25) is 4.99 Å². The van der Waals surface area contributed by atoms with Gasteiger partial charge < -0.3 is 20.1 Å². The van der Waals surface area contributed by atoms with Gasteiger partial charge in [0, 0.05) is 32.1 Å². The lowest BCUT2D eigenvalue weighted by Crippen LogP contribution is -2.43. The molecule has 1 fully saturated rings. The second-order valence-electron chi connectivity index (χ2n) is 7.11. The van der Waals surface area contributed by atoms with E-state index in [0.29, 0.717) is 12.5 Å². The van der Waals surface area contributed by atoms with Crippen LogP contribution in [0.15, 0.2) is 15.6 Å². The minimum absolute atomic E-state index is 0.488. The molecule has 0 aliphatic carbocycles. The molecule has 1 aromatic rings. The summed E-state index contributed by atoms with van der Waals surface area (Å²) in [7, 11) is 1.80. The third-order valence-corrected chi connectivity index (χ3v) is 5.23. The second-order valence-corrected chi connectivity index (χ2v) is 7.11. The standard InChI is InChI=1S/C19H35N5O/c1-5-16(6-2)18-13-17(25-23-18)14-22-19(20-4)21-9-12-24-10-7-15(3)8-11-24/h13,15-16H,5-12,14H2,1-4H3,(H2,20,21,22). The zero-order valence-electron chi connectivity index (χ0n) is 16.3. The molecule has 2 N–H and O–H groups in total. The lowest BCUT2D eigenvalue weighted by Gasteiger charge is -2.30. The average Bonchev–Trinajstić information content (AvgIpc) is 3.09. The van der Waals surface area contributed by atoms with Crippen molar-refractivity contribution in [2.45, 2.75) is 58.9 Å². The topological polar surface area (TPSA) is 65.7 Å². The highest BCUT2D eigenvalue weighted by atomic mass is 16.5. The SMILES string of the molecule is CCC(CC)c1cc(CNC(=NC)NCCN2CCC(C)CC2)on1. The van der Waals surface area contributed by atoms with Crippen LogP contribution in [0.25, 0.3) is 0 Å². The maximum Gasteiger partial charge on any atom is 0.191 e. The van der Waals surface area contributed by atoms with Crippen molar-refractivity contribution in [3.05, 3.63) is 17.5 Å². The maximum absolute atomic E-state index is 5.45. The van der Waals surface area contributed by atoms with Gasteiger partial charge in [-0.15, -0.1) is 0 Å². The van der Waals surface area contributed by atoms with Gasteiger partial charge in [-0.2, -0.15) is 0 Å². The number of aliphatic imine (C=N–C) groups is 1. The molecule has 2 rings (SSSR count). The highest BCUT2D eigenvalue weighted by Gasteiger charge is 2.15. The third-order valence-electron chi connectivity index (χ3n) is 5.23. The van der Waals surface area contributed by atoms with E-state index in [1.807, 2.05) is 0 Å². The molecule has 0 spiro atoms. The van der Waals surface area contributed by atoms with Crippen molar-refractivity contribution in [3.8, 4) is 0 Å². The van der Waals surface area contributed by atoms with Crippen LogP contribution in [-0.4, -0.2) is 49.2 Å². The number of rotatable bonds is 8. The molecule has 0 bridgehead atoms. The largest absolute Gasteiger partial charge is 0.359 e. The zero-order chi connectivity index (χ0) is 18.1. The van der Waals surface area contributed by atoms with Crippen molar-refractivity contribution in [2.24, 2.45) is 10.9 Å². The molecular weight excluding hydrogens is 314 g/mol. The van der Waals surface area contributed by atoms with Gasteiger partial charge in [0.2, 0.25) is 0 Å².